The fraction of sp³-hybridized carbons (Fsp3) is 0.0909. The first-order chi connectivity index (χ1) is 9.00. The lowest BCUT2D eigenvalue weighted by atomic mass is 10.2. The lowest BCUT2D eigenvalue weighted by Crippen LogP contribution is -2.25. The van der Waals surface area contributed by atoms with Crippen molar-refractivity contribution in [3.8, 4) is 0 Å². The Balaban J connectivity index is 2.52. The Morgan fingerprint density at radius 3 is 2.42 bits per heavy atom. The molecule has 2 rings (SSSR count). The van der Waals surface area contributed by atoms with Crippen molar-refractivity contribution in [1.82, 2.24) is 9.78 Å². The van der Waals surface area contributed by atoms with Crippen LogP contribution in [0.25, 0.3) is 0 Å². The molecule has 0 spiro atoms. The van der Waals surface area contributed by atoms with Crippen molar-refractivity contribution in [1.29, 1.82) is 0 Å². The van der Waals surface area contributed by atoms with Gasteiger partial charge in [0.25, 0.3) is 0 Å². The average Bonchev–Trinajstić information content (AvgIpc) is 2.40. The van der Waals surface area contributed by atoms with E-state index in [9.17, 15) is 14.9 Å². The first-order valence-electron chi connectivity index (χ1n) is 5.15. The van der Waals surface area contributed by atoms with Crippen LogP contribution in [0.3, 0.4) is 0 Å². The molecule has 1 heterocycles. The van der Waals surface area contributed by atoms with Crippen molar-refractivity contribution in [2.45, 2.75) is 6.54 Å². The van der Waals surface area contributed by atoms with E-state index in [-0.39, 0.29) is 6.54 Å². The summed E-state index contributed by atoms with van der Waals surface area (Å²) in [4.78, 5) is 21.8. The molecule has 0 unspecified atom stereocenters. The number of hydrogen-bond acceptors (Lipinski definition) is 4. The van der Waals surface area contributed by atoms with E-state index < -0.39 is 26.3 Å². The standard InChI is InChI=1S/C11H7Cl2N3O3/c12-8-9(13)11(17)15(14-10(8)16(18)19)6-7-4-2-1-3-5-7/h1-5H,6H2. The fourth-order valence-corrected chi connectivity index (χ4v) is 1.86. The molecule has 0 bridgehead atoms. The van der Waals surface area contributed by atoms with Gasteiger partial charge < -0.3 is 10.1 Å². The van der Waals surface area contributed by atoms with Gasteiger partial charge in [-0.15, -0.1) is 4.68 Å². The van der Waals surface area contributed by atoms with Crippen LogP contribution in [-0.4, -0.2) is 14.7 Å². The normalized spacial score (nSPS) is 10.4. The Labute approximate surface area is 117 Å². The maximum atomic E-state index is 11.8. The van der Waals surface area contributed by atoms with Crippen molar-refractivity contribution in [3.63, 3.8) is 0 Å². The first-order valence-corrected chi connectivity index (χ1v) is 5.90. The van der Waals surface area contributed by atoms with Crippen molar-refractivity contribution in [3.05, 3.63) is 66.4 Å². The van der Waals surface area contributed by atoms with Crippen molar-refractivity contribution in [2.75, 3.05) is 0 Å². The van der Waals surface area contributed by atoms with E-state index in [2.05, 4.69) is 5.10 Å². The van der Waals surface area contributed by atoms with Crippen LogP contribution in [0.5, 0.6) is 0 Å². The molecule has 0 radical (unpaired) electrons. The van der Waals surface area contributed by atoms with E-state index >= 15 is 0 Å². The molecule has 0 saturated carbocycles. The molecule has 0 aliphatic heterocycles. The van der Waals surface area contributed by atoms with E-state index in [4.69, 9.17) is 23.2 Å². The van der Waals surface area contributed by atoms with E-state index in [1.165, 1.54) is 0 Å². The van der Waals surface area contributed by atoms with E-state index in [1.54, 1.807) is 24.3 Å². The van der Waals surface area contributed by atoms with Gasteiger partial charge in [0, 0.05) is 0 Å². The zero-order valence-corrected chi connectivity index (χ0v) is 10.9. The summed E-state index contributed by atoms with van der Waals surface area (Å²) in [6, 6.07) is 8.92. The molecule has 0 amide bonds. The van der Waals surface area contributed by atoms with Crippen molar-refractivity contribution >= 4 is 29.0 Å². The number of nitro groups is 1. The van der Waals surface area contributed by atoms with Crippen LogP contribution < -0.4 is 5.56 Å². The lowest BCUT2D eigenvalue weighted by molar-refractivity contribution is -0.390. The molecular formula is C11H7Cl2N3O3. The van der Waals surface area contributed by atoms with Gasteiger partial charge in [-0.1, -0.05) is 53.5 Å². The van der Waals surface area contributed by atoms with Gasteiger partial charge >= 0.3 is 11.4 Å². The van der Waals surface area contributed by atoms with Gasteiger partial charge in [0.15, 0.2) is 5.02 Å². The molecule has 0 atom stereocenters. The molecule has 98 valence electrons. The van der Waals surface area contributed by atoms with Gasteiger partial charge in [-0.05, 0) is 10.5 Å². The maximum absolute atomic E-state index is 11.8. The van der Waals surface area contributed by atoms with Gasteiger partial charge in [0.05, 0.1) is 11.6 Å². The Kier molecular flexibility index (Phi) is 3.82. The second-order valence-corrected chi connectivity index (χ2v) is 4.41. The third kappa shape index (κ3) is 2.74. The monoisotopic (exact) mass is 299 g/mol. The number of halogens is 2. The minimum absolute atomic E-state index is 0.0808. The summed E-state index contributed by atoms with van der Waals surface area (Å²) in [5.74, 6) is -0.637. The zero-order valence-electron chi connectivity index (χ0n) is 9.42. The number of nitrogens with zero attached hydrogens (tertiary/aromatic N) is 3. The quantitative estimate of drug-likeness (QED) is 0.644. The molecule has 0 saturated heterocycles. The summed E-state index contributed by atoms with van der Waals surface area (Å²) in [5, 5.41) is 13.5. The summed E-state index contributed by atoms with van der Waals surface area (Å²) in [6.07, 6.45) is 0. The Hall–Kier alpha value is -1.92. The van der Waals surface area contributed by atoms with Crippen LogP contribution in [0.15, 0.2) is 35.1 Å². The first kappa shape index (κ1) is 13.5. The summed E-state index contributed by atoms with van der Waals surface area (Å²) in [5.41, 5.74) is 0.103. The summed E-state index contributed by atoms with van der Waals surface area (Å²) < 4.78 is 0.918. The maximum Gasteiger partial charge on any atom is 0.408 e. The predicted octanol–water partition coefficient (Wildman–Crippen LogP) is 2.51. The minimum atomic E-state index is -0.783. The van der Waals surface area contributed by atoms with Crippen LogP contribution in [-0.2, 0) is 6.54 Å². The highest BCUT2D eigenvalue weighted by Gasteiger charge is 2.23. The largest absolute Gasteiger partial charge is 0.408 e. The number of rotatable bonds is 3. The number of benzene rings is 1. The summed E-state index contributed by atoms with van der Waals surface area (Å²) >= 11 is 11.3. The smallest absolute Gasteiger partial charge is 0.358 e. The van der Waals surface area contributed by atoms with E-state index in [0.717, 1.165) is 10.2 Å². The van der Waals surface area contributed by atoms with E-state index in [1.807, 2.05) is 6.07 Å². The topological polar surface area (TPSA) is 78.0 Å². The Morgan fingerprint density at radius 1 is 1.21 bits per heavy atom. The number of aromatic nitrogens is 2. The molecule has 0 N–H and O–H groups in total. The van der Waals surface area contributed by atoms with Crippen LogP contribution >= 0.6 is 23.2 Å². The predicted molar refractivity (Wildman–Crippen MR) is 70.7 cm³/mol. The number of hydrogen-bond donors (Lipinski definition) is 0. The van der Waals surface area contributed by atoms with E-state index in [0.29, 0.717) is 0 Å². The van der Waals surface area contributed by atoms with Crippen LogP contribution in [0.4, 0.5) is 5.82 Å². The van der Waals surface area contributed by atoms with Gasteiger partial charge in [-0.25, -0.2) is 0 Å². The highest BCUT2D eigenvalue weighted by Crippen LogP contribution is 2.26. The second kappa shape index (κ2) is 5.38. The van der Waals surface area contributed by atoms with Gasteiger partial charge in [0.2, 0.25) is 0 Å². The molecule has 0 aliphatic carbocycles. The third-order valence-electron chi connectivity index (χ3n) is 2.37. The summed E-state index contributed by atoms with van der Waals surface area (Å²) in [6.45, 7) is 0.0808. The fourth-order valence-electron chi connectivity index (χ4n) is 1.49. The third-order valence-corrected chi connectivity index (χ3v) is 3.18. The molecule has 19 heavy (non-hydrogen) atoms. The highest BCUT2D eigenvalue weighted by atomic mass is 35.5. The molecule has 6 nitrogen and oxygen atoms in total. The molecule has 1 aromatic carbocycles. The highest BCUT2D eigenvalue weighted by molar-refractivity contribution is 6.42. The molecule has 8 heteroatoms. The Morgan fingerprint density at radius 2 is 1.84 bits per heavy atom. The van der Waals surface area contributed by atoms with Crippen molar-refractivity contribution < 1.29 is 4.92 Å². The Bertz CT molecular complexity index is 686. The van der Waals surface area contributed by atoms with Gasteiger partial charge in [0.1, 0.15) is 5.02 Å². The van der Waals surface area contributed by atoms with Crippen LogP contribution in [0.1, 0.15) is 5.56 Å². The second-order valence-electron chi connectivity index (χ2n) is 3.66. The molecule has 1 aromatic heterocycles. The SMILES string of the molecule is O=c1c(Cl)c(Cl)c([N+](=O)[O-])nn1Cc1ccccc1. The summed E-state index contributed by atoms with van der Waals surface area (Å²) in [7, 11) is 0. The lowest BCUT2D eigenvalue weighted by Gasteiger charge is -2.03. The molecule has 0 fully saturated rings. The van der Waals surface area contributed by atoms with Gasteiger partial charge in [-0.3, -0.25) is 4.79 Å². The van der Waals surface area contributed by atoms with Crippen LogP contribution in [0.2, 0.25) is 10.0 Å². The molecule has 0 aliphatic rings. The zero-order chi connectivity index (χ0) is 14.0. The van der Waals surface area contributed by atoms with Gasteiger partial charge in [-0.2, -0.15) is 0 Å². The van der Waals surface area contributed by atoms with Crippen molar-refractivity contribution in [2.24, 2.45) is 0 Å². The minimum Gasteiger partial charge on any atom is -0.358 e. The molecule has 2 aromatic rings. The average molecular weight is 300 g/mol. The van der Waals surface area contributed by atoms with Crippen LogP contribution in [0, 0.1) is 10.1 Å². The molecular weight excluding hydrogens is 293 g/mol.